The molecule has 3 nitrogen and oxygen atoms in total. The van der Waals surface area contributed by atoms with Crippen LogP contribution in [0.2, 0.25) is 0 Å². The Labute approximate surface area is 84.9 Å². The van der Waals surface area contributed by atoms with Crippen molar-refractivity contribution in [3.05, 3.63) is 35.6 Å². The predicted octanol–water partition coefficient (Wildman–Crippen LogP) is 2.87. The van der Waals surface area contributed by atoms with Crippen LogP contribution in [0.4, 0.5) is 0 Å². The van der Waals surface area contributed by atoms with Gasteiger partial charge >= 0.3 is 5.97 Å². The SMILES string of the molecule is O=C(O)c1oc2ccccc2c1CCl. The summed E-state index contributed by atoms with van der Waals surface area (Å²) in [6, 6.07) is 7.12. The maximum Gasteiger partial charge on any atom is 0.372 e. The van der Waals surface area contributed by atoms with Crippen molar-refractivity contribution in [3.63, 3.8) is 0 Å². The number of carboxylic acids is 1. The summed E-state index contributed by atoms with van der Waals surface area (Å²) in [5, 5.41) is 9.61. The van der Waals surface area contributed by atoms with Gasteiger partial charge in [0.05, 0.1) is 5.88 Å². The van der Waals surface area contributed by atoms with E-state index in [0.29, 0.717) is 11.1 Å². The molecule has 0 saturated heterocycles. The van der Waals surface area contributed by atoms with E-state index in [-0.39, 0.29) is 11.6 Å². The fourth-order valence-electron chi connectivity index (χ4n) is 1.40. The van der Waals surface area contributed by atoms with Crippen molar-refractivity contribution in [3.8, 4) is 0 Å². The summed E-state index contributed by atoms with van der Waals surface area (Å²) >= 11 is 5.67. The highest BCUT2D eigenvalue weighted by atomic mass is 35.5. The molecule has 0 bridgehead atoms. The second-order valence-corrected chi connectivity index (χ2v) is 3.11. The van der Waals surface area contributed by atoms with E-state index >= 15 is 0 Å². The van der Waals surface area contributed by atoms with Crippen LogP contribution in [0.25, 0.3) is 11.0 Å². The number of hydrogen-bond donors (Lipinski definition) is 1. The largest absolute Gasteiger partial charge is 0.475 e. The molecule has 1 aromatic heterocycles. The van der Waals surface area contributed by atoms with Crippen LogP contribution in [0.1, 0.15) is 16.1 Å². The van der Waals surface area contributed by atoms with Gasteiger partial charge in [0, 0.05) is 10.9 Å². The smallest absolute Gasteiger partial charge is 0.372 e. The molecule has 14 heavy (non-hydrogen) atoms. The summed E-state index contributed by atoms with van der Waals surface area (Å²) in [5.74, 6) is -1.02. The van der Waals surface area contributed by atoms with Gasteiger partial charge in [0.25, 0.3) is 0 Å². The molecule has 0 unspecified atom stereocenters. The lowest BCUT2D eigenvalue weighted by Gasteiger charge is -1.91. The molecule has 0 fully saturated rings. The Morgan fingerprint density at radius 2 is 2.14 bits per heavy atom. The molecule has 72 valence electrons. The Hall–Kier alpha value is -1.48. The first kappa shape index (κ1) is 9.09. The molecule has 0 spiro atoms. The predicted molar refractivity (Wildman–Crippen MR) is 52.7 cm³/mol. The van der Waals surface area contributed by atoms with E-state index in [1.165, 1.54) is 0 Å². The maximum absolute atomic E-state index is 10.8. The number of hydrogen-bond acceptors (Lipinski definition) is 2. The molecule has 1 aromatic carbocycles. The summed E-state index contributed by atoms with van der Waals surface area (Å²) in [4.78, 5) is 10.8. The molecule has 1 N–H and O–H groups in total. The Kier molecular flexibility index (Phi) is 2.17. The summed E-state index contributed by atoms with van der Waals surface area (Å²) in [6.07, 6.45) is 0. The van der Waals surface area contributed by atoms with Gasteiger partial charge < -0.3 is 9.52 Å². The van der Waals surface area contributed by atoms with Gasteiger partial charge in [0.2, 0.25) is 5.76 Å². The highest BCUT2D eigenvalue weighted by molar-refractivity contribution is 6.18. The lowest BCUT2D eigenvalue weighted by atomic mass is 10.1. The number of furan rings is 1. The molecule has 0 aliphatic heterocycles. The quantitative estimate of drug-likeness (QED) is 0.776. The zero-order chi connectivity index (χ0) is 10.1. The molecule has 0 aliphatic rings. The molecular weight excluding hydrogens is 204 g/mol. The number of fused-ring (bicyclic) bond motifs is 1. The van der Waals surface area contributed by atoms with Crippen molar-refractivity contribution in [2.45, 2.75) is 5.88 Å². The summed E-state index contributed by atoms with van der Waals surface area (Å²) in [7, 11) is 0. The average molecular weight is 211 g/mol. The summed E-state index contributed by atoms with van der Waals surface area (Å²) in [6.45, 7) is 0. The fraction of sp³-hybridized carbons (Fsp3) is 0.100. The van der Waals surface area contributed by atoms with E-state index in [1.54, 1.807) is 18.2 Å². The third kappa shape index (κ3) is 1.26. The number of alkyl halides is 1. The summed E-state index contributed by atoms with van der Waals surface area (Å²) in [5.41, 5.74) is 1.09. The number of carboxylic acid groups (broad SMARTS) is 1. The van der Waals surface area contributed by atoms with Crippen molar-refractivity contribution in [1.29, 1.82) is 0 Å². The minimum absolute atomic E-state index is 0.0683. The summed E-state index contributed by atoms with van der Waals surface area (Å²) < 4.78 is 5.17. The van der Waals surface area contributed by atoms with E-state index in [0.717, 1.165) is 5.39 Å². The molecule has 0 radical (unpaired) electrons. The lowest BCUT2D eigenvalue weighted by molar-refractivity contribution is 0.0663. The average Bonchev–Trinajstić information content (AvgIpc) is 2.56. The van der Waals surface area contributed by atoms with Crippen molar-refractivity contribution >= 4 is 28.5 Å². The number of carbonyl (C=O) groups is 1. The van der Waals surface area contributed by atoms with Crippen LogP contribution < -0.4 is 0 Å². The zero-order valence-corrected chi connectivity index (χ0v) is 7.91. The van der Waals surface area contributed by atoms with Gasteiger partial charge in [0.15, 0.2) is 0 Å². The minimum Gasteiger partial charge on any atom is -0.475 e. The van der Waals surface area contributed by atoms with Crippen LogP contribution in [0.5, 0.6) is 0 Å². The topological polar surface area (TPSA) is 50.4 Å². The second kappa shape index (κ2) is 3.35. The van der Waals surface area contributed by atoms with Gasteiger partial charge in [-0.3, -0.25) is 0 Å². The van der Waals surface area contributed by atoms with Crippen LogP contribution in [-0.2, 0) is 5.88 Å². The second-order valence-electron chi connectivity index (χ2n) is 2.84. The Morgan fingerprint density at radius 3 is 2.79 bits per heavy atom. The van der Waals surface area contributed by atoms with Crippen molar-refractivity contribution in [2.75, 3.05) is 0 Å². The molecule has 2 aromatic rings. The molecule has 4 heteroatoms. The van der Waals surface area contributed by atoms with E-state index in [1.807, 2.05) is 6.07 Å². The first-order valence-corrected chi connectivity index (χ1v) is 4.57. The minimum atomic E-state index is -1.09. The number of benzene rings is 1. The maximum atomic E-state index is 10.8. The van der Waals surface area contributed by atoms with E-state index in [9.17, 15) is 4.79 Å². The van der Waals surface area contributed by atoms with E-state index in [4.69, 9.17) is 21.1 Å². The Morgan fingerprint density at radius 1 is 1.43 bits per heavy atom. The van der Waals surface area contributed by atoms with Crippen LogP contribution >= 0.6 is 11.6 Å². The van der Waals surface area contributed by atoms with Crippen LogP contribution in [0.15, 0.2) is 28.7 Å². The van der Waals surface area contributed by atoms with Gasteiger partial charge in [-0.25, -0.2) is 4.79 Å². The van der Waals surface area contributed by atoms with Gasteiger partial charge in [0.1, 0.15) is 5.58 Å². The van der Waals surface area contributed by atoms with Crippen LogP contribution in [0.3, 0.4) is 0 Å². The number of para-hydroxylation sites is 1. The molecule has 0 atom stereocenters. The molecule has 1 heterocycles. The standard InChI is InChI=1S/C10H7ClO3/c11-5-7-6-3-1-2-4-8(6)14-9(7)10(12)13/h1-4H,5H2,(H,12,13). The molecule has 2 rings (SSSR count). The fourth-order valence-corrected chi connectivity index (χ4v) is 1.67. The van der Waals surface area contributed by atoms with Gasteiger partial charge in [-0.15, -0.1) is 11.6 Å². The highest BCUT2D eigenvalue weighted by Crippen LogP contribution is 2.26. The van der Waals surface area contributed by atoms with Gasteiger partial charge in [-0.05, 0) is 6.07 Å². The number of rotatable bonds is 2. The Balaban J connectivity index is 2.78. The molecule has 0 amide bonds. The molecular formula is C10H7ClO3. The molecule has 0 saturated carbocycles. The number of aromatic carboxylic acids is 1. The van der Waals surface area contributed by atoms with Crippen molar-refractivity contribution in [2.24, 2.45) is 0 Å². The van der Waals surface area contributed by atoms with Crippen molar-refractivity contribution in [1.82, 2.24) is 0 Å². The third-order valence-electron chi connectivity index (χ3n) is 2.03. The van der Waals surface area contributed by atoms with Crippen LogP contribution in [-0.4, -0.2) is 11.1 Å². The monoisotopic (exact) mass is 210 g/mol. The van der Waals surface area contributed by atoms with Gasteiger partial charge in [-0.2, -0.15) is 0 Å². The lowest BCUT2D eigenvalue weighted by Crippen LogP contribution is -1.96. The van der Waals surface area contributed by atoms with E-state index in [2.05, 4.69) is 0 Å². The molecule has 0 aliphatic carbocycles. The number of halogens is 1. The van der Waals surface area contributed by atoms with Crippen molar-refractivity contribution < 1.29 is 14.3 Å². The van der Waals surface area contributed by atoms with Crippen LogP contribution in [0, 0.1) is 0 Å². The normalized spacial score (nSPS) is 10.6. The first-order valence-electron chi connectivity index (χ1n) is 4.03. The van der Waals surface area contributed by atoms with E-state index < -0.39 is 5.97 Å². The highest BCUT2D eigenvalue weighted by Gasteiger charge is 2.18. The Bertz CT molecular complexity index is 487. The van der Waals surface area contributed by atoms with Gasteiger partial charge in [-0.1, -0.05) is 18.2 Å². The first-order chi connectivity index (χ1) is 6.74. The third-order valence-corrected chi connectivity index (χ3v) is 2.29. The zero-order valence-electron chi connectivity index (χ0n) is 7.16.